The Bertz CT molecular complexity index is 703. The van der Waals surface area contributed by atoms with Crippen LogP contribution in [0.1, 0.15) is 58.8 Å². The highest BCUT2D eigenvalue weighted by molar-refractivity contribution is 6.04. The molecule has 0 aliphatic heterocycles. The highest BCUT2D eigenvalue weighted by Crippen LogP contribution is 2.29. The largest absolute Gasteiger partial charge is 0.461 e. The number of carbonyl (C=O) groups is 3. The van der Waals surface area contributed by atoms with Gasteiger partial charge in [-0.05, 0) is 46.1 Å². The minimum Gasteiger partial charge on any atom is -0.461 e. The molecule has 0 spiro atoms. The van der Waals surface area contributed by atoms with Gasteiger partial charge in [0.1, 0.15) is 12.3 Å². The van der Waals surface area contributed by atoms with Crippen molar-refractivity contribution >= 4 is 17.7 Å². The zero-order chi connectivity index (χ0) is 19.4. The van der Waals surface area contributed by atoms with Gasteiger partial charge in [0.2, 0.25) is 5.91 Å². The summed E-state index contributed by atoms with van der Waals surface area (Å²) >= 11 is 0. The van der Waals surface area contributed by atoms with Crippen LogP contribution in [0.4, 0.5) is 0 Å². The highest BCUT2D eigenvalue weighted by atomic mass is 16.5. The van der Waals surface area contributed by atoms with E-state index in [1.807, 2.05) is 13.8 Å². The molecule has 0 N–H and O–H groups in total. The standard InChI is InChI=1S/C19H28N2O5/c1-6-20-13(4)17(12(3)18(20)19(24)26-7-2)15(22)10-21(14-8-9-14)16(23)11-25-5/h14H,6-11H2,1-5H3. The molecule has 26 heavy (non-hydrogen) atoms. The second-order valence-corrected chi connectivity index (χ2v) is 6.51. The highest BCUT2D eigenvalue weighted by Gasteiger charge is 2.35. The average molecular weight is 364 g/mol. The lowest BCUT2D eigenvalue weighted by atomic mass is 10.1. The Hall–Kier alpha value is -2.15. The maximum absolute atomic E-state index is 13.0. The smallest absolute Gasteiger partial charge is 0.355 e. The number of esters is 1. The number of hydrogen-bond donors (Lipinski definition) is 0. The Morgan fingerprint density at radius 1 is 1.19 bits per heavy atom. The number of ether oxygens (including phenoxy) is 2. The van der Waals surface area contributed by atoms with Crippen molar-refractivity contribution in [2.75, 3.05) is 26.9 Å². The summed E-state index contributed by atoms with van der Waals surface area (Å²) in [4.78, 5) is 39.2. The van der Waals surface area contributed by atoms with Crippen LogP contribution in [-0.4, -0.2) is 60.0 Å². The van der Waals surface area contributed by atoms with E-state index >= 15 is 0 Å². The third-order valence-corrected chi connectivity index (χ3v) is 4.72. The van der Waals surface area contributed by atoms with Gasteiger partial charge in [-0.2, -0.15) is 0 Å². The van der Waals surface area contributed by atoms with Crippen LogP contribution in [0.25, 0.3) is 0 Å². The lowest BCUT2D eigenvalue weighted by Gasteiger charge is -2.21. The SMILES string of the molecule is CCOC(=O)c1c(C)c(C(=O)CN(C(=O)COC)C2CC2)c(C)n1CC. The Morgan fingerprint density at radius 3 is 2.35 bits per heavy atom. The number of nitrogens with zero attached hydrogens (tertiary/aromatic N) is 2. The van der Waals surface area contributed by atoms with Crippen molar-refractivity contribution in [3.8, 4) is 0 Å². The van der Waals surface area contributed by atoms with Crippen molar-refractivity contribution in [3.05, 3.63) is 22.5 Å². The summed E-state index contributed by atoms with van der Waals surface area (Å²) in [6.45, 7) is 8.06. The average Bonchev–Trinajstić information content (AvgIpc) is 3.38. The van der Waals surface area contributed by atoms with Crippen LogP contribution in [0, 0.1) is 13.8 Å². The Kier molecular flexibility index (Phi) is 6.58. The first-order valence-electron chi connectivity index (χ1n) is 9.05. The van der Waals surface area contributed by atoms with E-state index in [1.165, 1.54) is 7.11 Å². The van der Waals surface area contributed by atoms with Crippen LogP contribution in [-0.2, 0) is 20.8 Å². The number of Topliss-reactive ketones (excluding diaryl/α,β-unsaturated/α-hetero) is 1. The molecule has 1 fully saturated rings. The summed E-state index contributed by atoms with van der Waals surface area (Å²) in [5.74, 6) is -0.767. The van der Waals surface area contributed by atoms with Gasteiger partial charge in [0.25, 0.3) is 0 Å². The molecule has 0 atom stereocenters. The number of methoxy groups -OCH3 is 1. The van der Waals surface area contributed by atoms with Crippen molar-refractivity contribution < 1.29 is 23.9 Å². The predicted octanol–water partition coefficient (Wildman–Crippen LogP) is 2.12. The van der Waals surface area contributed by atoms with Gasteiger partial charge >= 0.3 is 5.97 Å². The summed E-state index contributed by atoms with van der Waals surface area (Å²) in [7, 11) is 1.46. The molecule has 1 aromatic rings. The number of ketones is 1. The van der Waals surface area contributed by atoms with Gasteiger partial charge in [-0.1, -0.05) is 0 Å². The predicted molar refractivity (Wildman–Crippen MR) is 96.5 cm³/mol. The zero-order valence-corrected chi connectivity index (χ0v) is 16.3. The van der Waals surface area contributed by atoms with Gasteiger partial charge in [-0.25, -0.2) is 4.79 Å². The van der Waals surface area contributed by atoms with Crippen LogP contribution >= 0.6 is 0 Å². The summed E-state index contributed by atoms with van der Waals surface area (Å²) in [6.07, 6.45) is 1.81. The first-order chi connectivity index (χ1) is 12.4. The minimum absolute atomic E-state index is 0.00450. The number of hydrogen-bond acceptors (Lipinski definition) is 5. The minimum atomic E-state index is -0.427. The molecule has 0 aromatic carbocycles. The Balaban J connectivity index is 2.33. The van der Waals surface area contributed by atoms with E-state index in [1.54, 1.807) is 23.3 Å². The lowest BCUT2D eigenvalue weighted by molar-refractivity contribution is -0.135. The molecule has 2 rings (SSSR count). The first-order valence-corrected chi connectivity index (χ1v) is 9.05. The second-order valence-electron chi connectivity index (χ2n) is 6.51. The quantitative estimate of drug-likeness (QED) is 0.495. The summed E-state index contributed by atoms with van der Waals surface area (Å²) in [5.41, 5.74) is 2.26. The van der Waals surface area contributed by atoms with E-state index in [4.69, 9.17) is 9.47 Å². The van der Waals surface area contributed by atoms with Crippen molar-refractivity contribution in [1.29, 1.82) is 0 Å². The molecule has 144 valence electrons. The molecule has 0 unspecified atom stereocenters. The van der Waals surface area contributed by atoms with Crippen LogP contribution in [0.5, 0.6) is 0 Å². The molecule has 1 heterocycles. The van der Waals surface area contributed by atoms with E-state index in [2.05, 4.69) is 0 Å². The van der Waals surface area contributed by atoms with Gasteiger partial charge in [0.05, 0.1) is 13.2 Å². The maximum atomic E-state index is 13.0. The van der Waals surface area contributed by atoms with Crippen LogP contribution in [0.15, 0.2) is 0 Å². The zero-order valence-electron chi connectivity index (χ0n) is 16.3. The van der Waals surface area contributed by atoms with Gasteiger partial charge in [0, 0.05) is 31.0 Å². The van der Waals surface area contributed by atoms with Gasteiger partial charge < -0.3 is 18.9 Å². The topological polar surface area (TPSA) is 77.8 Å². The second kappa shape index (κ2) is 8.49. The summed E-state index contributed by atoms with van der Waals surface area (Å²) < 4.78 is 11.9. The molecule has 1 amide bonds. The molecule has 1 aliphatic rings. The van der Waals surface area contributed by atoms with Crippen molar-refractivity contribution in [3.63, 3.8) is 0 Å². The molecule has 0 saturated heterocycles. The van der Waals surface area contributed by atoms with Gasteiger partial charge in [-0.15, -0.1) is 0 Å². The lowest BCUT2D eigenvalue weighted by Crippen LogP contribution is -2.39. The van der Waals surface area contributed by atoms with E-state index in [9.17, 15) is 14.4 Å². The fraction of sp³-hybridized carbons (Fsp3) is 0.632. The normalized spacial score (nSPS) is 13.6. The summed E-state index contributed by atoms with van der Waals surface area (Å²) in [6, 6.07) is 0.111. The number of carbonyl (C=O) groups excluding carboxylic acids is 3. The van der Waals surface area contributed by atoms with Gasteiger partial charge in [0.15, 0.2) is 5.78 Å². The monoisotopic (exact) mass is 364 g/mol. The molecule has 0 radical (unpaired) electrons. The van der Waals surface area contributed by atoms with Crippen LogP contribution in [0.3, 0.4) is 0 Å². The molecule has 1 aliphatic carbocycles. The van der Waals surface area contributed by atoms with E-state index in [-0.39, 0.29) is 37.5 Å². The maximum Gasteiger partial charge on any atom is 0.355 e. The molecule has 0 bridgehead atoms. The van der Waals surface area contributed by atoms with Crippen molar-refractivity contribution in [2.24, 2.45) is 0 Å². The number of aromatic nitrogens is 1. The van der Waals surface area contributed by atoms with E-state index in [0.717, 1.165) is 18.5 Å². The molecule has 7 heteroatoms. The molecule has 7 nitrogen and oxygen atoms in total. The molecular formula is C19H28N2O5. The fourth-order valence-electron chi connectivity index (χ4n) is 3.41. The number of rotatable bonds is 9. The van der Waals surface area contributed by atoms with Crippen molar-refractivity contribution in [1.82, 2.24) is 9.47 Å². The molecule has 1 aromatic heterocycles. The fourth-order valence-corrected chi connectivity index (χ4v) is 3.41. The summed E-state index contributed by atoms with van der Waals surface area (Å²) in [5, 5.41) is 0. The molecular weight excluding hydrogens is 336 g/mol. The third kappa shape index (κ3) is 3.98. The van der Waals surface area contributed by atoms with Crippen LogP contribution in [0.2, 0.25) is 0 Å². The molecule has 1 saturated carbocycles. The Morgan fingerprint density at radius 2 is 1.85 bits per heavy atom. The van der Waals surface area contributed by atoms with Crippen molar-refractivity contribution in [2.45, 2.75) is 53.1 Å². The first kappa shape index (κ1) is 20.2. The van der Waals surface area contributed by atoms with Crippen LogP contribution < -0.4 is 0 Å². The third-order valence-electron chi connectivity index (χ3n) is 4.72. The van der Waals surface area contributed by atoms with E-state index < -0.39 is 5.97 Å². The Labute approximate surface area is 154 Å². The van der Waals surface area contributed by atoms with Gasteiger partial charge in [-0.3, -0.25) is 9.59 Å². The van der Waals surface area contributed by atoms with E-state index in [0.29, 0.717) is 23.4 Å². The number of amides is 1.